The van der Waals surface area contributed by atoms with Crippen LogP contribution in [0.15, 0.2) is 22.7 Å². The van der Waals surface area contributed by atoms with Crippen LogP contribution in [0.3, 0.4) is 0 Å². The maximum absolute atomic E-state index is 7.41. The highest BCUT2D eigenvalue weighted by Crippen LogP contribution is 2.23. The van der Waals surface area contributed by atoms with E-state index < -0.39 is 0 Å². The summed E-state index contributed by atoms with van der Waals surface area (Å²) >= 11 is 3.35. The fraction of sp³-hybridized carbons (Fsp3) is 0.364. The molecule has 0 aliphatic heterocycles. The minimum absolute atomic E-state index is 0.00101. The molecule has 0 saturated heterocycles. The van der Waals surface area contributed by atoms with Crippen molar-refractivity contribution in [3.8, 4) is 5.75 Å². The van der Waals surface area contributed by atoms with Gasteiger partial charge in [-0.25, -0.2) is 0 Å². The summed E-state index contributed by atoms with van der Waals surface area (Å²) in [5, 5.41) is 7.41. The van der Waals surface area contributed by atoms with E-state index in [2.05, 4.69) is 15.9 Å². The number of benzene rings is 1. The van der Waals surface area contributed by atoms with E-state index >= 15 is 0 Å². The first-order chi connectivity index (χ1) is 7.65. The number of hydrogen-bond acceptors (Lipinski definition) is 3. The van der Waals surface area contributed by atoms with Gasteiger partial charge in [0.25, 0.3) is 0 Å². The van der Waals surface area contributed by atoms with Crippen molar-refractivity contribution in [3.05, 3.63) is 28.2 Å². The Morgan fingerprint density at radius 2 is 2.19 bits per heavy atom. The van der Waals surface area contributed by atoms with Crippen LogP contribution in [0.1, 0.15) is 12.5 Å². The van der Waals surface area contributed by atoms with Gasteiger partial charge in [-0.15, -0.1) is 0 Å². The summed E-state index contributed by atoms with van der Waals surface area (Å²) in [4.78, 5) is 0. The van der Waals surface area contributed by atoms with Gasteiger partial charge in [0.15, 0.2) is 0 Å². The van der Waals surface area contributed by atoms with Crippen molar-refractivity contribution >= 4 is 21.8 Å². The Morgan fingerprint density at radius 3 is 2.81 bits per heavy atom. The molecule has 0 bridgehead atoms. The van der Waals surface area contributed by atoms with Crippen molar-refractivity contribution in [1.82, 2.24) is 0 Å². The third-order valence-electron chi connectivity index (χ3n) is 1.92. The fourth-order valence-corrected chi connectivity index (χ4v) is 1.53. The van der Waals surface area contributed by atoms with Crippen molar-refractivity contribution in [2.45, 2.75) is 6.92 Å². The Balaban J connectivity index is 2.68. The highest BCUT2D eigenvalue weighted by atomic mass is 79.9. The molecule has 0 atom stereocenters. The van der Waals surface area contributed by atoms with Crippen molar-refractivity contribution in [2.24, 2.45) is 5.73 Å². The van der Waals surface area contributed by atoms with Crippen molar-refractivity contribution in [1.29, 1.82) is 5.41 Å². The van der Waals surface area contributed by atoms with Crippen molar-refractivity contribution < 1.29 is 9.47 Å². The van der Waals surface area contributed by atoms with Crippen LogP contribution in [0, 0.1) is 5.41 Å². The number of nitrogens with one attached hydrogen (secondary N) is 1. The molecule has 4 nitrogen and oxygen atoms in total. The molecule has 16 heavy (non-hydrogen) atoms. The summed E-state index contributed by atoms with van der Waals surface area (Å²) in [7, 11) is 0. The van der Waals surface area contributed by atoms with E-state index in [-0.39, 0.29) is 5.84 Å². The normalized spacial score (nSPS) is 10.1. The Kier molecular flexibility index (Phi) is 5.28. The van der Waals surface area contributed by atoms with Crippen LogP contribution < -0.4 is 10.5 Å². The number of ether oxygens (including phenoxy) is 2. The minimum atomic E-state index is -0.00101. The number of rotatable bonds is 6. The molecule has 1 aromatic rings. The Hall–Kier alpha value is -1.07. The van der Waals surface area contributed by atoms with Gasteiger partial charge in [-0.05, 0) is 25.1 Å². The van der Waals surface area contributed by atoms with Gasteiger partial charge in [0.1, 0.15) is 18.2 Å². The number of nitrogens with two attached hydrogens (primary N) is 1. The molecule has 3 N–H and O–H groups in total. The first-order valence-electron chi connectivity index (χ1n) is 4.99. The smallest absolute Gasteiger partial charge is 0.131 e. The molecule has 0 aliphatic carbocycles. The van der Waals surface area contributed by atoms with Gasteiger partial charge in [0.05, 0.1) is 12.2 Å². The predicted octanol–water partition coefficient (Wildman–Crippen LogP) is 2.15. The molecule has 5 heteroatoms. The molecule has 0 amide bonds. The zero-order valence-corrected chi connectivity index (χ0v) is 10.7. The van der Waals surface area contributed by atoms with Gasteiger partial charge in [-0.1, -0.05) is 15.9 Å². The van der Waals surface area contributed by atoms with Gasteiger partial charge in [0, 0.05) is 11.1 Å². The topological polar surface area (TPSA) is 68.3 Å². The SMILES string of the molecule is CCOCCOc1cc(Br)ccc1C(=N)N. The summed E-state index contributed by atoms with van der Waals surface area (Å²) < 4.78 is 11.6. The third kappa shape index (κ3) is 3.83. The molecular weight excluding hydrogens is 272 g/mol. The van der Waals surface area contributed by atoms with E-state index in [1.54, 1.807) is 12.1 Å². The average molecular weight is 287 g/mol. The van der Waals surface area contributed by atoms with E-state index in [0.717, 1.165) is 4.47 Å². The van der Waals surface area contributed by atoms with Crippen LogP contribution in [0.25, 0.3) is 0 Å². The van der Waals surface area contributed by atoms with E-state index in [1.165, 1.54) is 0 Å². The van der Waals surface area contributed by atoms with E-state index in [1.807, 2.05) is 13.0 Å². The van der Waals surface area contributed by atoms with Crippen LogP contribution >= 0.6 is 15.9 Å². The predicted molar refractivity (Wildman–Crippen MR) is 67.1 cm³/mol. The second-order valence-corrected chi connectivity index (χ2v) is 4.02. The fourth-order valence-electron chi connectivity index (χ4n) is 1.19. The number of nitrogen functional groups attached to an aromatic ring is 1. The number of halogens is 1. The molecule has 0 fully saturated rings. The lowest BCUT2D eigenvalue weighted by Crippen LogP contribution is -2.14. The zero-order valence-electron chi connectivity index (χ0n) is 9.13. The van der Waals surface area contributed by atoms with Crippen LogP contribution in [-0.2, 0) is 4.74 Å². The summed E-state index contributed by atoms with van der Waals surface area (Å²) in [5.74, 6) is 0.598. The molecule has 1 rings (SSSR count). The minimum Gasteiger partial charge on any atom is -0.490 e. The molecule has 88 valence electrons. The highest BCUT2D eigenvalue weighted by molar-refractivity contribution is 9.10. The molecule has 0 aliphatic rings. The Bertz CT molecular complexity index is 369. The van der Waals surface area contributed by atoms with E-state index in [9.17, 15) is 0 Å². The van der Waals surface area contributed by atoms with Crippen LogP contribution in [0.4, 0.5) is 0 Å². The van der Waals surface area contributed by atoms with E-state index in [0.29, 0.717) is 31.1 Å². The lowest BCUT2D eigenvalue weighted by molar-refractivity contribution is 0.110. The molecule has 0 unspecified atom stereocenters. The third-order valence-corrected chi connectivity index (χ3v) is 2.42. The van der Waals surface area contributed by atoms with Crippen LogP contribution in [-0.4, -0.2) is 25.7 Å². The van der Waals surface area contributed by atoms with Gasteiger partial charge < -0.3 is 15.2 Å². The number of hydrogen-bond donors (Lipinski definition) is 2. The number of amidine groups is 1. The maximum Gasteiger partial charge on any atom is 0.131 e. The lowest BCUT2D eigenvalue weighted by Gasteiger charge is -2.10. The molecule has 0 spiro atoms. The molecule has 0 saturated carbocycles. The first kappa shape index (κ1) is 13.0. The summed E-state index contributed by atoms with van der Waals surface area (Å²) in [6.07, 6.45) is 0. The summed E-state index contributed by atoms with van der Waals surface area (Å²) in [6.45, 7) is 3.58. The molecule has 1 aromatic carbocycles. The van der Waals surface area contributed by atoms with Gasteiger partial charge in [-0.2, -0.15) is 0 Å². The zero-order chi connectivity index (χ0) is 12.0. The first-order valence-corrected chi connectivity index (χ1v) is 5.79. The van der Waals surface area contributed by atoms with Gasteiger partial charge >= 0.3 is 0 Å². The Morgan fingerprint density at radius 1 is 1.44 bits per heavy atom. The highest BCUT2D eigenvalue weighted by Gasteiger charge is 2.07. The monoisotopic (exact) mass is 286 g/mol. The van der Waals surface area contributed by atoms with Crippen LogP contribution in [0.5, 0.6) is 5.75 Å². The van der Waals surface area contributed by atoms with Gasteiger partial charge in [0.2, 0.25) is 0 Å². The molecule has 0 aromatic heterocycles. The van der Waals surface area contributed by atoms with Crippen LogP contribution in [0.2, 0.25) is 0 Å². The second kappa shape index (κ2) is 6.50. The molecular formula is C11H15BrN2O2. The Labute approximate surface area is 103 Å². The van der Waals surface area contributed by atoms with Gasteiger partial charge in [-0.3, -0.25) is 5.41 Å². The maximum atomic E-state index is 7.41. The lowest BCUT2D eigenvalue weighted by atomic mass is 10.2. The standard InChI is InChI=1S/C11H15BrN2O2/c1-2-15-5-6-16-10-7-8(12)3-4-9(10)11(13)14/h3-4,7H,2,5-6H2,1H3,(H3,13,14). The van der Waals surface area contributed by atoms with Crippen molar-refractivity contribution in [3.63, 3.8) is 0 Å². The van der Waals surface area contributed by atoms with Crippen molar-refractivity contribution in [2.75, 3.05) is 19.8 Å². The summed E-state index contributed by atoms with van der Waals surface area (Å²) in [6, 6.07) is 5.37. The molecule has 0 radical (unpaired) electrons. The average Bonchev–Trinajstić information content (AvgIpc) is 2.24. The van der Waals surface area contributed by atoms with E-state index in [4.69, 9.17) is 20.6 Å². The second-order valence-electron chi connectivity index (χ2n) is 3.10. The quantitative estimate of drug-likeness (QED) is 0.478. The molecule has 0 heterocycles. The summed E-state index contributed by atoms with van der Waals surface area (Å²) in [5.41, 5.74) is 6.05. The largest absolute Gasteiger partial charge is 0.490 e.